The summed E-state index contributed by atoms with van der Waals surface area (Å²) in [7, 11) is 0. The third-order valence-electron chi connectivity index (χ3n) is 7.97. The lowest BCUT2D eigenvalue weighted by Crippen LogP contribution is -2.58. The number of carbonyl (C=O) groups is 5. The van der Waals surface area contributed by atoms with Crippen LogP contribution in [0.3, 0.4) is 0 Å². The molecule has 0 radical (unpaired) electrons. The summed E-state index contributed by atoms with van der Waals surface area (Å²) in [6.45, 7) is 1.38. The highest BCUT2D eigenvalue weighted by molar-refractivity contribution is 5.96. The molecule has 5 rings (SSSR count). The fourth-order valence-corrected chi connectivity index (χ4v) is 5.47. The van der Waals surface area contributed by atoms with Crippen LogP contribution in [0, 0.1) is 0 Å². The number of carboxylic acids is 1. The van der Waals surface area contributed by atoms with Crippen LogP contribution in [0.5, 0.6) is 0 Å². The Morgan fingerprint density at radius 2 is 1.26 bits per heavy atom. The van der Waals surface area contributed by atoms with E-state index in [1.807, 2.05) is 48.5 Å². The van der Waals surface area contributed by atoms with Gasteiger partial charge in [0.2, 0.25) is 17.7 Å². The molecule has 244 valence electrons. The maximum Gasteiger partial charge on any atom is 0.305 e. The standard InChI is InChI=1S/C33H36N8O6/c1-18(42)27(10-19-14-36-25-8-4-2-6-22(19)25)39-33(47)29(12-21-16-35-17-38-21)41-32(46)28(40-31(45)24(34)13-30(43)44)11-20-15-37-26-9-5-3-7-23(20)26/h2-9,14-17,24,27-29,36-37H,10-13,34H2,1H3,(H,35,38)(H,39,47)(H,40,45)(H,41,46)(H,43,44)/t24-,27-,28-,29-/m0/s1. The molecule has 3 amide bonds. The first-order chi connectivity index (χ1) is 22.6. The van der Waals surface area contributed by atoms with Crippen molar-refractivity contribution in [2.75, 3.05) is 0 Å². The van der Waals surface area contributed by atoms with Crippen molar-refractivity contribution in [1.82, 2.24) is 35.9 Å². The van der Waals surface area contributed by atoms with Crippen molar-refractivity contribution < 1.29 is 29.1 Å². The van der Waals surface area contributed by atoms with Gasteiger partial charge in [0.25, 0.3) is 0 Å². The highest BCUT2D eigenvalue weighted by atomic mass is 16.4. The van der Waals surface area contributed by atoms with E-state index in [2.05, 4.69) is 35.9 Å². The zero-order valence-corrected chi connectivity index (χ0v) is 25.6. The number of aliphatic carboxylic acids is 1. The number of nitrogens with zero attached hydrogens (tertiary/aromatic N) is 1. The third-order valence-corrected chi connectivity index (χ3v) is 7.97. The number of para-hydroxylation sites is 2. The van der Waals surface area contributed by atoms with Gasteiger partial charge in [-0.2, -0.15) is 0 Å². The van der Waals surface area contributed by atoms with Crippen LogP contribution in [0.1, 0.15) is 30.2 Å². The Labute approximate surface area is 268 Å². The molecule has 3 aromatic heterocycles. The van der Waals surface area contributed by atoms with Crippen molar-refractivity contribution in [3.63, 3.8) is 0 Å². The molecule has 9 N–H and O–H groups in total. The summed E-state index contributed by atoms with van der Waals surface area (Å²) in [6, 6.07) is 10.3. The van der Waals surface area contributed by atoms with Crippen molar-refractivity contribution in [3.05, 3.63) is 90.3 Å². The normalized spacial score (nSPS) is 13.8. The van der Waals surface area contributed by atoms with E-state index in [1.54, 1.807) is 18.6 Å². The van der Waals surface area contributed by atoms with Crippen molar-refractivity contribution in [2.45, 2.75) is 56.8 Å². The van der Waals surface area contributed by atoms with Crippen LogP contribution >= 0.6 is 0 Å². The van der Waals surface area contributed by atoms with Gasteiger partial charge in [0.1, 0.15) is 12.1 Å². The summed E-state index contributed by atoms with van der Waals surface area (Å²) in [4.78, 5) is 77.8. The Morgan fingerprint density at radius 3 is 1.79 bits per heavy atom. The summed E-state index contributed by atoms with van der Waals surface area (Å²) in [5.41, 5.74) is 9.53. The first-order valence-corrected chi connectivity index (χ1v) is 15.1. The summed E-state index contributed by atoms with van der Waals surface area (Å²) in [5.74, 6) is -3.71. The number of nitrogens with two attached hydrogens (primary N) is 1. The van der Waals surface area contributed by atoms with Crippen molar-refractivity contribution in [3.8, 4) is 0 Å². The number of ketones is 1. The lowest BCUT2D eigenvalue weighted by molar-refractivity contribution is -0.139. The molecule has 0 unspecified atom stereocenters. The lowest BCUT2D eigenvalue weighted by Gasteiger charge is -2.25. The van der Waals surface area contributed by atoms with Gasteiger partial charge in [0.05, 0.1) is 30.5 Å². The molecular weight excluding hydrogens is 604 g/mol. The van der Waals surface area contributed by atoms with Crippen LogP contribution in [0.2, 0.25) is 0 Å². The SMILES string of the molecule is CC(=O)[C@H](Cc1c[nH]c2ccccc12)NC(=O)[C@H](Cc1c[nH]cn1)NC(=O)[C@H](Cc1c[nH]c2ccccc12)NC(=O)[C@@H](N)CC(=O)O. The number of imidazole rings is 1. The number of aromatic amines is 3. The van der Waals surface area contributed by atoms with E-state index in [0.29, 0.717) is 11.3 Å². The van der Waals surface area contributed by atoms with Gasteiger partial charge in [-0.25, -0.2) is 4.98 Å². The molecule has 14 heteroatoms. The number of Topliss-reactive ketones (excluding diaryl/α,β-unsaturated/α-hetero) is 1. The van der Waals surface area contributed by atoms with Gasteiger partial charge in [-0.1, -0.05) is 36.4 Å². The molecule has 0 saturated carbocycles. The van der Waals surface area contributed by atoms with E-state index in [1.165, 1.54) is 13.3 Å². The number of carbonyl (C=O) groups excluding carboxylic acids is 4. The smallest absolute Gasteiger partial charge is 0.305 e. The van der Waals surface area contributed by atoms with Gasteiger partial charge in [0.15, 0.2) is 5.78 Å². The molecule has 47 heavy (non-hydrogen) atoms. The van der Waals surface area contributed by atoms with Crippen LogP contribution in [-0.2, 0) is 43.2 Å². The maximum atomic E-state index is 13.9. The number of H-pyrrole nitrogens is 3. The minimum Gasteiger partial charge on any atom is -0.481 e. The van der Waals surface area contributed by atoms with Gasteiger partial charge in [-0.05, 0) is 30.2 Å². The average molecular weight is 641 g/mol. The molecule has 5 aromatic rings. The monoisotopic (exact) mass is 640 g/mol. The van der Waals surface area contributed by atoms with Crippen molar-refractivity contribution in [2.24, 2.45) is 5.73 Å². The quantitative estimate of drug-likeness (QED) is 0.0828. The second-order valence-corrected chi connectivity index (χ2v) is 11.4. The minimum absolute atomic E-state index is 0.00869. The van der Waals surface area contributed by atoms with E-state index >= 15 is 0 Å². The summed E-state index contributed by atoms with van der Waals surface area (Å²) in [6.07, 6.45) is 6.09. The molecular formula is C33H36N8O6. The fraction of sp³-hybridized carbons (Fsp3) is 0.273. The molecule has 0 aliphatic heterocycles. The van der Waals surface area contributed by atoms with Gasteiger partial charge in [-0.15, -0.1) is 0 Å². The summed E-state index contributed by atoms with van der Waals surface area (Å²) in [5, 5.41) is 19.0. The summed E-state index contributed by atoms with van der Waals surface area (Å²) < 4.78 is 0. The molecule has 0 spiro atoms. The number of hydrogen-bond acceptors (Lipinski definition) is 7. The topological polar surface area (TPSA) is 228 Å². The zero-order chi connectivity index (χ0) is 33.5. The van der Waals surface area contributed by atoms with E-state index in [9.17, 15) is 24.0 Å². The predicted octanol–water partition coefficient (Wildman–Crippen LogP) is 1.25. The molecule has 2 aromatic carbocycles. The number of rotatable bonds is 15. The van der Waals surface area contributed by atoms with E-state index in [-0.39, 0.29) is 25.0 Å². The zero-order valence-electron chi connectivity index (χ0n) is 25.6. The number of benzene rings is 2. The Hall–Kier alpha value is -5.76. The molecule has 14 nitrogen and oxygen atoms in total. The molecule has 0 aliphatic rings. The first kappa shape index (κ1) is 32.6. The summed E-state index contributed by atoms with van der Waals surface area (Å²) >= 11 is 0. The van der Waals surface area contributed by atoms with Crippen LogP contribution in [0.15, 0.2) is 73.4 Å². The number of nitrogens with one attached hydrogen (secondary N) is 6. The highest BCUT2D eigenvalue weighted by Crippen LogP contribution is 2.21. The first-order valence-electron chi connectivity index (χ1n) is 15.1. The number of hydrogen-bond donors (Lipinski definition) is 8. The number of amides is 3. The van der Waals surface area contributed by atoms with Crippen LogP contribution in [0.25, 0.3) is 21.8 Å². The van der Waals surface area contributed by atoms with E-state index in [0.717, 1.165) is 27.4 Å². The molecule has 0 aliphatic carbocycles. The molecule has 4 atom stereocenters. The second kappa shape index (κ2) is 14.6. The number of fused-ring (bicyclic) bond motifs is 2. The Balaban J connectivity index is 1.38. The van der Waals surface area contributed by atoms with Gasteiger partial charge in [0, 0.05) is 59.7 Å². The molecule has 0 fully saturated rings. The predicted molar refractivity (Wildman–Crippen MR) is 173 cm³/mol. The van der Waals surface area contributed by atoms with Crippen molar-refractivity contribution in [1.29, 1.82) is 0 Å². The van der Waals surface area contributed by atoms with Crippen LogP contribution < -0.4 is 21.7 Å². The molecule has 3 heterocycles. The molecule has 0 saturated heterocycles. The second-order valence-electron chi connectivity index (χ2n) is 11.4. The maximum absolute atomic E-state index is 13.9. The van der Waals surface area contributed by atoms with Crippen molar-refractivity contribution >= 4 is 51.3 Å². The molecule has 0 bridgehead atoms. The van der Waals surface area contributed by atoms with E-state index in [4.69, 9.17) is 10.8 Å². The van der Waals surface area contributed by atoms with Gasteiger partial charge < -0.3 is 41.7 Å². The minimum atomic E-state index is -1.41. The largest absolute Gasteiger partial charge is 0.481 e. The van der Waals surface area contributed by atoms with Gasteiger partial charge in [-0.3, -0.25) is 24.0 Å². The lowest BCUT2D eigenvalue weighted by atomic mass is 10.0. The fourth-order valence-electron chi connectivity index (χ4n) is 5.47. The van der Waals surface area contributed by atoms with Crippen LogP contribution in [-0.4, -0.2) is 78.7 Å². The number of aromatic nitrogens is 4. The Kier molecular flexibility index (Phi) is 10.1. The highest BCUT2D eigenvalue weighted by Gasteiger charge is 2.31. The number of carboxylic acid groups (broad SMARTS) is 1. The van der Waals surface area contributed by atoms with E-state index < -0.39 is 54.3 Å². The van der Waals surface area contributed by atoms with Gasteiger partial charge >= 0.3 is 5.97 Å². The van der Waals surface area contributed by atoms with Crippen LogP contribution in [0.4, 0.5) is 0 Å². The Morgan fingerprint density at radius 1 is 0.745 bits per heavy atom. The Bertz CT molecular complexity index is 1890. The third kappa shape index (κ3) is 8.10. The average Bonchev–Trinajstić information content (AvgIpc) is 3.80.